The van der Waals surface area contributed by atoms with Gasteiger partial charge in [0, 0.05) is 17.9 Å². The van der Waals surface area contributed by atoms with Gasteiger partial charge in [0.05, 0.1) is 13.7 Å². The van der Waals surface area contributed by atoms with Crippen molar-refractivity contribution in [2.45, 2.75) is 6.61 Å². The molecule has 0 radical (unpaired) electrons. The first-order chi connectivity index (χ1) is 6.63. The van der Waals surface area contributed by atoms with Crippen LogP contribution in [0.4, 0.5) is 0 Å². The zero-order valence-electron chi connectivity index (χ0n) is 7.82. The fourth-order valence-electron chi connectivity index (χ4n) is 0.814. The number of ether oxygens (including phenoxy) is 1. The predicted octanol–water partition coefficient (Wildman–Crippen LogP) is 1.55. The summed E-state index contributed by atoms with van der Waals surface area (Å²) in [7, 11) is 1.51. The zero-order chi connectivity index (χ0) is 10.6. The number of methoxy groups -OCH3 is 1. The Balaban J connectivity index is 2.73. The molecule has 1 heterocycles. The second kappa shape index (κ2) is 5.29. The lowest BCUT2D eigenvalue weighted by atomic mass is 10.3. The maximum Gasteiger partial charge on any atom is 0.214 e. The monoisotopic (exact) mass is 235 g/mol. The van der Waals surface area contributed by atoms with E-state index >= 15 is 0 Å². The second-order valence-corrected chi connectivity index (χ2v) is 3.86. The molecule has 1 atom stereocenters. The average Bonchev–Trinajstić information content (AvgIpc) is 2.15. The Morgan fingerprint density at radius 3 is 2.79 bits per heavy atom. The molecule has 1 aromatic heterocycles. The van der Waals surface area contributed by atoms with Gasteiger partial charge in [-0.15, -0.1) is 0 Å². The minimum Gasteiger partial charge on any atom is -0.481 e. The third-order valence-electron chi connectivity index (χ3n) is 1.49. The summed E-state index contributed by atoms with van der Waals surface area (Å²) in [4.78, 5) is 3.93. The molecule has 78 valence electrons. The molecule has 0 aliphatic rings. The van der Waals surface area contributed by atoms with Crippen molar-refractivity contribution >= 4 is 22.7 Å². The van der Waals surface area contributed by atoms with Gasteiger partial charge < -0.3 is 4.74 Å². The number of pyridine rings is 1. The van der Waals surface area contributed by atoms with Crippen LogP contribution in [0, 0.1) is 0 Å². The van der Waals surface area contributed by atoms with E-state index in [0.717, 1.165) is 0 Å². The highest BCUT2D eigenvalue weighted by atomic mass is 35.5. The van der Waals surface area contributed by atoms with Crippen molar-refractivity contribution in [3.05, 3.63) is 22.8 Å². The van der Waals surface area contributed by atoms with E-state index in [0.29, 0.717) is 16.6 Å². The maximum absolute atomic E-state index is 10.7. The molecule has 14 heavy (non-hydrogen) atoms. The molecule has 4 nitrogen and oxygen atoms in total. The van der Waals surface area contributed by atoms with Crippen LogP contribution in [0.2, 0.25) is 5.15 Å². The van der Waals surface area contributed by atoms with Crippen molar-refractivity contribution < 1.29 is 13.1 Å². The van der Waals surface area contributed by atoms with Gasteiger partial charge in [-0.2, -0.15) is 0 Å². The molecule has 0 amide bonds. The molecule has 1 unspecified atom stereocenters. The highest BCUT2D eigenvalue weighted by Gasteiger charge is 2.04. The largest absolute Gasteiger partial charge is 0.481 e. The van der Waals surface area contributed by atoms with Gasteiger partial charge in [-0.3, -0.25) is 4.18 Å². The minimum atomic E-state index is -1.30. The van der Waals surface area contributed by atoms with Crippen LogP contribution in [-0.2, 0) is 21.9 Å². The molecule has 0 aromatic carbocycles. The molecule has 0 fully saturated rings. The number of hydrogen-bond acceptors (Lipinski definition) is 4. The first-order valence-electron chi connectivity index (χ1n) is 3.79. The molecular weight excluding hydrogens is 226 g/mol. The number of halogens is 1. The zero-order valence-corrected chi connectivity index (χ0v) is 9.39. The first kappa shape index (κ1) is 11.4. The lowest BCUT2D eigenvalue weighted by molar-refractivity contribution is 0.338. The standard InChI is InChI=1S/C8H10ClNO3S/c1-12-7-4-3-6(8(9)10-7)5-13-14(2)11/h3-4H,5H2,1-2H3. The van der Waals surface area contributed by atoms with Crippen LogP contribution in [0.3, 0.4) is 0 Å². The number of rotatable bonds is 4. The van der Waals surface area contributed by atoms with Crippen molar-refractivity contribution in [1.29, 1.82) is 0 Å². The molecule has 6 heteroatoms. The molecule has 0 saturated carbocycles. The number of aromatic nitrogens is 1. The van der Waals surface area contributed by atoms with Crippen molar-refractivity contribution in [2.75, 3.05) is 13.4 Å². The number of hydrogen-bond donors (Lipinski definition) is 0. The Hall–Kier alpha value is -0.650. The minimum absolute atomic E-state index is 0.180. The molecular formula is C8H10ClNO3S. The SMILES string of the molecule is COc1ccc(COS(C)=O)c(Cl)n1. The Labute approximate surface area is 89.9 Å². The van der Waals surface area contributed by atoms with Gasteiger partial charge in [-0.25, -0.2) is 9.19 Å². The molecule has 0 aliphatic carbocycles. The molecule has 0 N–H and O–H groups in total. The van der Waals surface area contributed by atoms with Gasteiger partial charge >= 0.3 is 0 Å². The van der Waals surface area contributed by atoms with Crippen LogP contribution in [-0.4, -0.2) is 22.6 Å². The lowest BCUT2D eigenvalue weighted by Crippen LogP contribution is -1.98. The summed E-state index contributed by atoms with van der Waals surface area (Å²) in [5.74, 6) is 0.441. The number of nitrogens with zero attached hydrogens (tertiary/aromatic N) is 1. The smallest absolute Gasteiger partial charge is 0.214 e. The first-order valence-corrected chi connectivity index (χ1v) is 5.65. The Morgan fingerprint density at radius 1 is 1.57 bits per heavy atom. The van der Waals surface area contributed by atoms with E-state index in [1.807, 2.05) is 0 Å². The summed E-state index contributed by atoms with van der Waals surface area (Å²) in [5.41, 5.74) is 0.683. The molecule has 0 saturated heterocycles. The van der Waals surface area contributed by atoms with Crippen LogP contribution in [0.5, 0.6) is 5.88 Å². The van der Waals surface area contributed by atoms with Crippen LogP contribution in [0.25, 0.3) is 0 Å². The average molecular weight is 236 g/mol. The fraction of sp³-hybridized carbons (Fsp3) is 0.375. The highest BCUT2D eigenvalue weighted by molar-refractivity contribution is 7.79. The van der Waals surface area contributed by atoms with Crippen LogP contribution in [0.15, 0.2) is 12.1 Å². The van der Waals surface area contributed by atoms with Gasteiger partial charge in [-0.1, -0.05) is 11.6 Å². The molecule has 1 rings (SSSR count). The van der Waals surface area contributed by atoms with E-state index in [2.05, 4.69) is 4.98 Å². The summed E-state index contributed by atoms with van der Waals surface area (Å²) < 4.78 is 20.4. The highest BCUT2D eigenvalue weighted by Crippen LogP contribution is 2.18. The summed E-state index contributed by atoms with van der Waals surface area (Å²) in [6.07, 6.45) is 1.45. The van der Waals surface area contributed by atoms with E-state index in [-0.39, 0.29) is 6.61 Å². The summed E-state index contributed by atoms with van der Waals surface area (Å²) in [6.45, 7) is 0.180. The summed E-state index contributed by atoms with van der Waals surface area (Å²) in [6, 6.07) is 3.39. The Morgan fingerprint density at radius 2 is 2.29 bits per heavy atom. The van der Waals surface area contributed by atoms with Crippen LogP contribution in [0.1, 0.15) is 5.56 Å². The third kappa shape index (κ3) is 3.25. The molecule has 0 bridgehead atoms. The normalized spacial score (nSPS) is 12.5. The van der Waals surface area contributed by atoms with Crippen LogP contribution >= 0.6 is 11.6 Å². The van der Waals surface area contributed by atoms with Gasteiger partial charge in [0.1, 0.15) is 5.15 Å². The van der Waals surface area contributed by atoms with Crippen molar-refractivity contribution in [3.63, 3.8) is 0 Å². The Kier molecular flexibility index (Phi) is 4.31. The quantitative estimate of drug-likeness (QED) is 0.743. The van der Waals surface area contributed by atoms with Gasteiger partial charge in [0.2, 0.25) is 5.88 Å². The summed E-state index contributed by atoms with van der Waals surface area (Å²) >= 11 is 4.52. The fourth-order valence-corrected chi connectivity index (χ4v) is 1.31. The van der Waals surface area contributed by atoms with Crippen molar-refractivity contribution in [1.82, 2.24) is 4.98 Å². The predicted molar refractivity (Wildman–Crippen MR) is 54.7 cm³/mol. The van der Waals surface area contributed by atoms with Crippen molar-refractivity contribution in [2.24, 2.45) is 0 Å². The topological polar surface area (TPSA) is 48.4 Å². The Bertz CT molecular complexity index is 345. The van der Waals surface area contributed by atoms with Crippen molar-refractivity contribution in [3.8, 4) is 5.88 Å². The van der Waals surface area contributed by atoms with Gasteiger partial charge in [-0.05, 0) is 6.07 Å². The molecule has 0 aliphatic heterocycles. The molecule has 0 spiro atoms. The van der Waals surface area contributed by atoms with Gasteiger partial charge in [0.15, 0.2) is 11.1 Å². The lowest BCUT2D eigenvalue weighted by Gasteiger charge is -2.04. The molecule has 1 aromatic rings. The van der Waals surface area contributed by atoms with Crippen LogP contribution < -0.4 is 4.74 Å². The third-order valence-corrected chi connectivity index (χ3v) is 2.27. The van der Waals surface area contributed by atoms with E-state index < -0.39 is 11.1 Å². The summed E-state index contributed by atoms with van der Waals surface area (Å²) in [5, 5.41) is 0.301. The van der Waals surface area contributed by atoms with E-state index in [1.165, 1.54) is 13.4 Å². The second-order valence-electron chi connectivity index (χ2n) is 2.47. The van der Waals surface area contributed by atoms with E-state index in [9.17, 15) is 4.21 Å². The van der Waals surface area contributed by atoms with E-state index in [4.69, 9.17) is 20.5 Å². The van der Waals surface area contributed by atoms with Gasteiger partial charge in [0.25, 0.3) is 0 Å². The van der Waals surface area contributed by atoms with E-state index in [1.54, 1.807) is 12.1 Å². The maximum atomic E-state index is 10.7.